The molecule has 1 saturated heterocycles. The number of carbonyl (C=O) groups is 1. The average molecular weight is 456 g/mol. The second kappa shape index (κ2) is 9.02. The molecule has 0 spiro atoms. The lowest BCUT2D eigenvalue weighted by atomic mass is 10.0. The highest BCUT2D eigenvalue weighted by Crippen LogP contribution is 2.39. The Kier molecular flexibility index (Phi) is 5.76. The molecule has 1 atom stereocenters. The molecule has 4 aromatic rings. The van der Waals surface area contributed by atoms with Gasteiger partial charge in [-0.25, -0.2) is 0 Å². The van der Waals surface area contributed by atoms with Gasteiger partial charge in [0.05, 0.1) is 31.3 Å². The molecule has 2 heterocycles. The van der Waals surface area contributed by atoms with E-state index < -0.39 is 0 Å². The van der Waals surface area contributed by atoms with Crippen molar-refractivity contribution in [3.05, 3.63) is 94.4 Å². The summed E-state index contributed by atoms with van der Waals surface area (Å²) < 4.78 is 12.3. The number of rotatable bonds is 5. The molecule has 7 nitrogen and oxygen atoms in total. The van der Waals surface area contributed by atoms with Crippen LogP contribution in [0.1, 0.15) is 34.9 Å². The van der Waals surface area contributed by atoms with E-state index in [2.05, 4.69) is 5.10 Å². The number of benzene rings is 3. The Bertz CT molecular complexity index is 1410. The smallest absolute Gasteiger partial charge is 0.279 e. The van der Waals surface area contributed by atoms with E-state index in [0.29, 0.717) is 34.5 Å². The van der Waals surface area contributed by atoms with Crippen LogP contribution < -0.4 is 15.0 Å². The van der Waals surface area contributed by atoms with Gasteiger partial charge in [-0.3, -0.25) is 9.59 Å². The van der Waals surface area contributed by atoms with Gasteiger partial charge in [-0.1, -0.05) is 36.4 Å². The SMILES string of the molecule is COc1ccc(OC)c([C@@H]2CCCN2C(=O)c2nn(-c3ccccc3)c(=O)c3ccccc23)c1. The van der Waals surface area contributed by atoms with Crippen LogP contribution in [-0.2, 0) is 0 Å². The van der Waals surface area contributed by atoms with Gasteiger partial charge in [0.25, 0.3) is 11.5 Å². The van der Waals surface area contributed by atoms with E-state index in [-0.39, 0.29) is 23.2 Å². The Hall–Kier alpha value is -4.13. The summed E-state index contributed by atoms with van der Waals surface area (Å²) in [5.74, 6) is 1.20. The van der Waals surface area contributed by atoms with Crippen LogP contribution in [0, 0.1) is 0 Å². The molecule has 1 fully saturated rings. The van der Waals surface area contributed by atoms with Gasteiger partial charge >= 0.3 is 0 Å². The Balaban J connectivity index is 1.64. The van der Waals surface area contributed by atoms with E-state index in [0.717, 1.165) is 18.4 Å². The maximum absolute atomic E-state index is 14.0. The number of methoxy groups -OCH3 is 2. The highest BCUT2D eigenvalue weighted by Gasteiger charge is 2.34. The van der Waals surface area contributed by atoms with Gasteiger partial charge in [0.2, 0.25) is 0 Å². The van der Waals surface area contributed by atoms with E-state index in [9.17, 15) is 9.59 Å². The Morgan fingerprint density at radius 2 is 1.68 bits per heavy atom. The van der Waals surface area contributed by atoms with Crippen LogP contribution in [0.2, 0.25) is 0 Å². The number of hydrogen-bond donors (Lipinski definition) is 0. The molecule has 0 bridgehead atoms. The zero-order valence-electron chi connectivity index (χ0n) is 19.1. The van der Waals surface area contributed by atoms with Crippen LogP contribution in [0.5, 0.6) is 11.5 Å². The number of amides is 1. The quantitative estimate of drug-likeness (QED) is 0.447. The summed E-state index contributed by atoms with van der Waals surface area (Å²) in [6, 6.07) is 21.7. The molecule has 1 aliphatic heterocycles. The average Bonchev–Trinajstić information content (AvgIpc) is 3.38. The third kappa shape index (κ3) is 3.69. The Morgan fingerprint density at radius 1 is 0.941 bits per heavy atom. The monoisotopic (exact) mass is 455 g/mol. The highest BCUT2D eigenvalue weighted by atomic mass is 16.5. The fourth-order valence-corrected chi connectivity index (χ4v) is 4.66. The van der Waals surface area contributed by atoms with Crippen molar-refractivity contribution in [2.75, 3.05) is 20.8 Å². The molecule has 0 aliphatic carbocycles. The highest BCUT2D eigenvalue weighted by molar-refractivity contribution is 6.05. The first-order valence-electron chi connectivity index (χ1n) is 11.2. The van der Waals surface area contributed by atoms with Gasteiger partial charge < -0.3 is 14.4 Å². The van der Waals surface area contributed by atoms with Crippen molar-refractivity contribution < 1.29 is 14.3 Å². The van der Waals surface area contributed by atoms with Crippen LogP contribution in [0.4, 0.5) is 0 Å². The summed E-state index contributed by atoms with van der Waals surface area (Å²) in [4.78, 5) is 29.0. The number of fused-ring (bicyclic) bond motifs is 1. The number of likely N-dealkylation sites (tertiary alicyclic amines) is 1. The van der Waals surface area contributed by atoms with E-state index >= 15 is 0 Å². The van der Waals surface area contributed by atoms with Crippen LogP contribution in [-0.4, -0.2) is 41.4 Å². The lowest BCUT2D eigenvalue weighted by Crippen LogP contribution is -2.34. The van der Waals surface area contributed by atoms with Gasteiger partial charge in [-0.15, -0.1) is 0 Å². The van der Waals surface area contributed by atoms with E-state index in [1.807, 2.05) is 47.4 Å². The number of para-hydroxylation sites is 1. The second-order valence-corrected chi connectivity index (χ2v) is 8.21. The Labute approximate surface area is 197 Å². The lowest BCUT2D eigenvalue weighted by molar-refractivity contribution is 0.0728. The molecule has 1 aliphatic rings. The fourth-order valence-electron chi connectivity index (χ4n) is 4.66. The standard InChI is InChI=1S/C27H25N3O4/c1-33-19-14-15-24(34-2)22(17-19)23-13-8-16-29(23)27(32)25-20-11-6-7-12-21(20)26(31)30(28-25)18-9-4-3-5-10-18/h3-7,9-12,14-15,17,23H,8,13,16H2,1-2H3/t23-/m0/s1. The number of ether oxygens (including phenoxy) is 2. The van der Waals surface area contributed by atoms with Crippen LogP contribution in [0.25, 0.3) is 16.5 Å². The summed E-state index contributed by atoms with van der Waals surface area (Å²) in [6.45, 7) is 0.588. The molecule has 0 N–H and O–H groups in total. The zero-order valence-corrected chi connectivity index (χ0v) is 19.1. The maximum atomic E-state index is 14.0. The molecule has 7 heteroatoms. The molecule has 3 aromatic carbocycles. The van der Waals surface area contributed by atoms with Crippen molar-refractivity contribution >= 4 is 16.7 Å². The van der Waals surface area contributed by atoms with E-state index in [1.54, 1.807) is 44.6 Å². The summed E-state index contributed by atoms with van der Waals surface area (Å²) in [7, 11) is 3.24. The fraction of sp³-hybridized carbons (Fsp3) is 0.222. The number of carbonyl (C=O) groups excluding carboxylic acids is 1. The molecule has 0 radical (unpaired) electrons. The number of aromatic nitrogens is 2. The van der Waals surface area contributed by atoms with Crippen molar-refractivity contribution in [3.8, 4) is 17.2 Å². The van der Waals surface area contributed by atoms with Crippen molar-refractivity contribution in [3.63, 3.8) is 0 Å². The first-order chi connectivity index (χ1) is 16.6. The minimum absolute atomic E-state index is 0.185. The molecular weight excluding hydrogens is 430 g/mol. The summed E-state index contributed by atoms with van der Waals surface area (Å²) >= 11 is 0. The molecular formula is C27H25N3O4. The van der Waals surface area contributed by atoms with Gasteiger partial charge in [-0.2, -0.15) is 9.78 Å². The van der Waals surface area contributed by atoms with Crippen LogP contribution >= 0.6 is 0 Å². The molecule has 34 heavy (non-hydrogen) atoms. The normalized spacial score (nSPS) is 15.5. The minimum Gasteiger partial charge on any atom is -0.497 e. The van der Waals surface area contributed by atoms with Crippen molar-refractivity contribution in [2.45, 2.75) is 18.9 Å². The van der Waals surface area contributed by atoms with E-state index in [4.69, 9.17) is 9.47 Å². The molecule has 0 unspecified atom stereocenters. The molecule has 0 saturated carbocycles. The third-order valence-corrected chi connectivity index (χ3v) is 6.32. The Morgan fingerprint density at radius 3 is 2.41 bits per heavy atom. The second-order valence-electron chi connectivity index (χ2n) is 8.21. The van der Waals surface area contributed by atoms with Crippen LogP contribution in [0.15, 0.2) is 77.6 Å². The lowest BCUT2D eigenvalue weighted by Gasteiger charge is -2.27. The molecule has 5 rings (SSSR count). The first kappa shape index (κ1) is 21.7. The molecule has 172 valence electrons. The minimum atomic E-state index is -0.259. The first-order valence-corrected chi connectivity index (χ1v) is 11.2. The topological polar surface area (TPSA) is 73.7 Å². The summed E-state index contributed by atoms with van der Waals surface area (Å²) in [6.07, 6.45) is 1.65. The van der Waals surface area contributed by atoms with Crippen molar-refractivity contribution in [1.82, 2.24) is 14.7 Å². The molecule has 1 amide bonds. The molecule has 1 aromatic heterocycles. The maximum Gasteiger partial charge on any atom is 0.279 e. The van der Waals surface area contributed by atoms with Crippen LogP contribution in [0.3, 0.4) is 0 Å². The van der Waals surface area contributed by atoms with Gasteiger partial charge in [0.1, 0.15) is 11.5 Å². The van der Waals surface area contributed by atoms with Gasteiger partial charge in [-0.05, 0) is 49.2 Å². The van der Waals surface area contributed by atoms with Crippen molar-refractivity contribution in [2.24, 2.45) is 0 Å². The van der Waals surface area contributed by atoms with Gasteiger partial charge in [0, 0.05) is 17.5 Å². The predicted octanol–water partition coefficient (Wildman–Crippen LogP) is 4.38. The van der Waals surface area contributed by atoms with Crippen molar-refractivity contribution in [1.29, 1.82) is 0 Å². The third-order valence-electron chi connectivity index (χ3n) is 6.32. The van der Waals surface area contributed by atoms with E-state index in [1.165, 1.54) is 4.68 Å². The zero-order chi connectivity index (χ0) is 23.7. The predicted molar refractivity (Wildman–Crippen MR) is 130 cm³/mol. The number of hydrogen-bond acceptors (Lipinski definition) is 5. The summed E-state index contributed by atoms with van der Waals surface area (Å²) in [5.41, 5.74) is 1.51. The number of nitrogens with zero attached hydrogens (tertiary/aromatic N) is 3. The largest absolute Gasteiger partial charge is 0.497 e. The summed E-state index contributed by atoms with van der Waals surface area (Å²) in [5, 5.41) is 5.58. The van der Waals surface area contributed by atoms with Gasteiger partial charge in [0.15, 0.2) is 5.69 Å².